The molecule has 0 heterocycles. The van der Waals surface area contributed by atoms with Crippen LogP contribution in [0, 0.1) is 5.82 Å². The van der Waals surface area contributed by atoms with Crippen LogP contribution in [0.1, 0.15) is 19.4 Å². The quantitative estimate of drug-likeness (QED) is 0.700. The van der Waals surface area contributed by atoms with Gasteiger partial charge in [-0.25, -0.2) is 4.39 Å². The van der Waals surface area contributed by atoms with Crippen molar-refractivity contribution in [2.75, 3.05) is 33.2 Å². The zero-order valence-electron chi connectivity index (χ0n) is 13.5. The molecular formula is C16H25FN3O2+. The highest BCUT2D eigenvalue weighted by molar-refractivity contribution is 5.79. The number of rotatable bonds is 8. The van der Waals surface area contributed by atoms with Gasteiger partial charge in [0.15, 0.2) is 13.1 Å². The molecule has 1 aromatic carbocycles. The van der Waals surface area contributed by atoms with E-state index < -0.39 is 0 Å². The summed E-state index contributed by atoms with van der Waals surface area (Å²) in [5.41, 5.74) is 0.839. The SMILES string of the molecule is CCN(CC)C(=O)C[NH+](C)CC(=O)NCc1ccc(F)cc1. The zero-order chi connectivity index (χ0) is 16.5. The molecule has 0 saturated carbocycles. The molecule has 0 aliphatic rings. The number of amides is 2. The van der Waals surface area contributed by atoms with E-state index in [2.05, 4.69) is 5.32 Å². The fourth-order valence-corrected chi connectivity index (χ4v) is 2.15. The number of hydrogen-bond acceptors (Lipinski definition) is 2. The topological polar surface area (TPSA) is 53.9 Å². The molecule has 1 rings (SSSR count). The fraction of sp³-hybridized carbons (Fsp3) is 0.500. The Bertz CT molecular complexity index is 487. The van der Waals surface area contributed by atoms with Gasteiger partial charge in [0.2, 0.25) is 0 Å². The lowest BCUT2D eigenvalue weighted by Gasteiger charge is -2.20. The van der Waals surface area contributed by atoms with Crippen LogP contribution in [0.2, 0.25) is 0 Å². The Morgan fingerprint density at radius 2 is 1.73 bits per heavy atom. The number of halogens is 1. The molecule has 0 aliphatic heterocycles. The molecule has 2 N–H and O–H groups in total. The normalized spacial score (nSPS) is 11.8. The van der Waals surface area contributed by atoms with Crippen molar-refractivity contribution in [3.63, 3.8) is 0 Å². The highest BCUT2D eigenvalue weighted by Gasteiger charge is 2.17. The number of carbonyl (C=O) groups excluding carboxylic acids is 2. The van der Waals surface area contributed by atoms with Gasteiger partial charge < -0.3 is 15.1 Å². The first-order valence-electron chi connectivity index (χ1n) is 7.56. The summed E-state index contributed by atoms with van der Waals surface area (Å²) in [6.07, 6.45) is 0. The standard InChI is InChI=1S/C16H24FN3O2/c1-4-20(5-2)16(22)12-19(3)11-15(21)18-10-13-6-8-14(17)9-7-13/h6-9H,4-5,10-12H2,1-3H3,(H,18,21)/p+1. The molecular weight excluding hydrogens is 285 g/mol. The lowest BCUT2D eigenvalue weighted by atomic mass is 10.2. The van der Waals surface area contributed by atoms with Gasteiger partial charge in [-0.2, -0.15) is 0 Å². The van der Waals surface area contributed by atoms with Crippen molar-refractivity contribution in [2.45, 2.75) is 20.4 Å². The summed E-state index contributed by atoms with van der Waals surface area (Å²) in [6.45, 7) is 6.12. The van der Waals surface area contributed by atoms with Gasteiger partial charge in [0.1, 0.15) is 5.82 Å². The Morgan fingerprint density at radius 3 is 2.27 bits per heavy atom. The maximum Gasteiger partial charge on any atom is 0.277 e. The van der Waals surface area contributed by atoms with Crippen LogP contribution in [-0.2, 0) is 16.1 Å². The predicted octanol–water partition coefficient (Wildman–Crippen LogP) is -0.175. The average molecular weight is 310 g/mol. The van der Waals surface area contributed by atoms with Crippen LogP contribution in [0.5, 0.6) is 0 Å². The molecule has 0 radical (unpaired) electrons. The molecule has 0 fully saturated rings. The predicted molar refractivity (Wildman–Crippen MR) is 82.8 cm³/mol. The van der Waals surface area contributed by atoms with Gasteiger partial charge >= 0.3 is 0 Å². The molecule has 1 aromatic rings. The number of quaternary nitrogens is 1. The highest BCUT2D eigenvalue weighted by atomic mass is 19.1. The largest absolute Gasteiger partial charge is 0.347 e. The maximum atomic E-state index is 12.8. The van der Waals surface area contributed by atoms with Crippen LogP contribution in [-0.4, -0.2) is 49.9 Å². The second-order valence-electron chi connectivity index (χ2n) is 5.28. The van der Waals surface area contributed by atoms with Crippen molar-refractivity contribution in [3.05, 3.63) is 35.6 Å². The molecule has 0 aromatic heterocycles. The number of hydrogen-bond donors (Lipinski definition) is 2. The molecule has 0 saturated heterocycles. The molecule has 2 amide bonds. The zero-order valence-corrected chi connectivity index (χ0v) is 13.5. The van der Waals surface area contributed by atoms with E-state index in [4.69, 9.17) is 0 Å². The maximum absolute atomic E-state index is 12.8. The van der Waals surface area contributed by atoms with Crippen LogP contribution in [0.4, 0.5) is 4.39 Å². The lowest BCUT2D eigenvalue weighted by molar-refractivity contribution is -0.863. The summed E-state index contributed by atoms with van der Waals surface area (Å²) in [6, 6.07) is 6.00. The van der Waals surface area contributed by atoms with Crippen molar-refractivity contribution in [2.24, 2.45) is 0 Å². The summed E-state index contributed by atoms with van der Waals surface area (Å²) in [7, 11) is 1.82. The minimum Gasteiger partial charge on any atom is -0.347 e. The van der Waals surface area contributed by atoms with Crippen molar-refractivity contribution in [1.82, 2.24) is 10.2 Å². The van der Waals surface area contributed by atoms with Gasteiger partial charge in [-0.15, -0.1) is 0 Å². The van der Waals surface area contributed by atoms with Crippen LogP contribution >= 0.6 is 0 Å². The van der Waals surface area contributed by atoms with E-state index in [1.165, 1.54) is 12.1 Å². The van der Waals surface area contributed by atoms with E-state index in [0.717, 1.165) is 10.5 Å². The van der Waals surface area contributed by atoms with E-state index >= 15 is 0 Å². The highest BCUT2D eigenvalue weighted by Crippen LogP contribution is 2.01. The van der Waals surface area contributed by atoms with Gasteiger partial charge in [0.05, 0.1) is 7.05 Å². The monoisotopic (exact) mass is 310 g/mol. The fourth-order valence-electron chi connectivity index (χ4n) is 2.15. The van der Waals surface area contributed by atoms with E-state index in [-0.39, 0.29) is 24.2 Å². The molecule has 5 nitrogen and oxygen atoms in total. The Morgan fingerprint density at radius 1 is 1.14 bits per heavy atom. The summed E-state index contributed by atoms with van der Waals surface area (Å²) >= 11 is 0. The van der Waals surface area contributed by atoms with E-state index in [1.807, 2.05) is 20.9 Å². The van der Waals surface area contributed by atoms with Crippen molar-refractivity contribution < 1.29 is 18.9 Å². The van der Waals surface area contributed by atoms with Crippen LogP contribution in [0.25, 0.3) is 0 Å². The number of nitrogens with one attached hydrogen (secondary N) is 2. The molecule has 122 valence electrons. The molecule has 1 unspecified atom stereocenters. The van der Waals surface area contributed by atoms with E-state index in [1.54, 1.807) is 17.0 Å². The average Bonchev–Trinajstić information content (AvgIpc) is 2.47. The first-order valence-corrected chi connectivity index (χ1v) is 7.56. The second-order valence-corrected chi connectivity index (χ2v) is 5.28. The molecule has 0 aliphatic carbocycles. The third-order valence-electron chi connectivity index (χ3n) is 3.43. The Hall–Kier alpha value is -1.95. The molecule has 0 spiro atoms. The Kier molecular flexibility index (Phi) is 7.52. The minimum absolute atomic E-state index is 0.0498. The van der Waals surface area contributed by atoms with Gasteiger partial charge in [-0.05, 0) is 31.5 Å². The summed E-state index contributed by atoms with van der Waals surface area (Å²) < 4.78 is 12.8. The van der Waals surface area contributed by atoms with Crippen molar-refractivity contribution >= 4 is 11.8 Å². The van der Waals surface area contributed by atoms with Crippen LogP contribution < -0.4 is 10.2 Å². The molecule has 22 heavy (non-hydrogen) atoms. The van der Waals surface area contributed by atoms with Gasteiger partial charge in [-0.1, -0.05) is 12.1 Å². The first kappa shape index (κ1) is 18.1. The smallest absolute Gasteiger partial charge is 0.277 e. The third-order valence-corrected chi connectivity index (χ3v) is 3.43. The minimum atomic E-state index is -0.297. The molecule has 0 bridgehead atoms. The summed E-state index contributed by atoms with van der Waals surface area (Å²) in [4.78, 5) is 26.4. The Labute approximate surface area is 131 Å². The van der Waals surface area contributed by atoms with E-state index in [0.29, 0.717) is 26.2 Å². The van der Waals surface area contributed by atoms with Gasteiger partial charge in [0.25, 0.3) is 11.8 Å². The van der Waals surface area contributed by atoms with Crippen molar-refractivity contribution in [3.8, 4) is 0 Å². The van der Waals surface area contributed by atoms with Crippen LogP contribution in [0.3, 0.4) is 0 Å². The van der Waals surface area contributed by atoms with Gasteiger partial charge in [-0.3, -0.25) is 9.59 Å². The van der Waals surface area contributed by atoms with Gasteiger partial charge in [0, 0.05) is 19.6 Å². The number of carbonyl (C=O) groups is 2. The lowest BCUT2D eigenvalue weighted by Crippen LogP contribution is -3.11. The van der Waals surface area contributed by atoms with E-state index in [9.17, 15) is 14.0 Å². The number of likely N-dealkylation sites (N-methyl/N-ethyl adjacent to an activating group) is 2. The molecule has 6 heteroatoms. The third kappa shape index (κ3) is 6.22. The summed E-state index contributed by atoms with van der Waals surface area (Å²) in [5.74, 6) is -0.378. The Balaban J connectivity index is 2.34. The van der Waals surface area contributed by atoms with Crippen LogP contribution in [0.15, 0.2) is 24.3 Å². The first-order chi connectivity index (χ1) is 10.5. The van der Waals surface area contributed by atoms with Crippen molar-refractivity contribution in [1.29, 1.82) is 0 Å². The number of benzene rings is 1. The number of nitrogens with zero attached hydrogens (tertiary/aromatic N) is 1. The molecule has 1 atom stereocenters. The second kappa shape index (κ2) is 9.15. The summed E-state index contributed by atoms with van der Waals surface area (Å²) in [5, 5.41) is 2.77.